The molecule has 0 unspecified atom stereocenters. The second-order valence-electron chi connectivity index (χ2n) is 3.67. The molecule has 0 atom stereocenters. The summed E-state index contributed by atoms with van der Waals surface area (Å²) in [6, 6.07) is 3.76. The second-order valence-corrected chi connectivity index (χ2v) is 3.67. The molecular weight excluding hydrogens is 216 g/mol. The fraction of sp³-hybridized carbons (Fsp3) is 0.250. The smallest absolute Gasteiger partial charge is 0.227 e. The fourth-order valence-electron chi connectivity index (χ4n) is 1.28. The zero-order valence-electron chi connectivity index (χ0n) is 10.1. The lowest BCUT2D eigenvalue weighted by Gasteiger charge is -2.08. The average molecular weight is 230 g/mol. The van der Waals surface area contributed by atoms with E-state index in [0.29, 0.717) is 17.6 Å². The molecule has 0 spiro atoms. The van der Waals surface area contributed by atoms with Crippen molar-refractivity contribution in [3.05, 3.63) is 35.8 Å². The lowest BCUT2D eigenvalue weighted by Crippen LogP contribution is -1.99. The van der Waals surface area contributed by atoms with Crippen LogP contribution >= 0.6 is 0 Å². The Kier molecular flexibility index (Phi) is 3.18. The Morgan fingerprint density at radius 1 is 1.12 bits per heavy atom. The molecule has 0 fully saturated rings. The van der Waals surface area contributed by atoms with Crippen molar-refractivity contribution in [2.24, 2.45) is 0 Å². The molecule has 2 heterocycles. The van der Waals surface area contributed by atoms with Crippen LogP contribution in [0.25, 0.3) is 0 Å². The number of anilines is 1. The van der Waals surface area contributed by atoms with Crippen molar-refractivity contribution in [3.63, 3.8) is 0 Å². The van der Waals surface area contributed by atoms with Gasteiger partial charge in [0.25, 0.3) is 0 Å². The molecule has 2 aromatic heterocycles. The first-order valence-electron chi connectivity index (χ1n) is 5.31. The summed E-state index contributed by atoms with van der Waals surface area (Å²) < 4.78 is 5.65. The number of rotatable bonds is 3. The minimum atomic E-state index is 0.533. The molecule has 1 N–H and O–H groups in total. The Hall–Kier alpha value is -2.17. The van der Waals surface area contributed by atoms with Gasteiger partial charge in [-0.2, -0.15) is 4.98 Å². The van der Waals surface area contributed by atoms with Gasteiger partial charge >= 0.3 is 0 Å². The summed E-state index contributed by atoms with van der Waals surface area (Å²) in [5, 5.41) is 2.87. The molecule has 2 aromatic rings. The number of nitrogens with one attached hydrogen (secondary N) is 1. The van der Waals surface area contributed by atoms with Crippen molar-refractivity contribution in [3.8, 4) is 11.6 Å². The van der Waals surface area contributed by atoms with Crippen LogP contribution in [-0.2, 0) is 0 Å². The molecule has 0 aromatic carbocycles. The lowest BCUT2D eigenvalue weighted by molar-refractivity contribution is 0.456. The van der Waals surface area contributed by atoms with Crippen LogP contribution in [0.15, 0.2) is 24.5 Å². The van der Waals surface area contributed by atoms with E-state index in [2.05, 4.69) is 20.3 Å². The molecule has 5 nitrogen and oxygen atoms in total. The highest BCUT2D eigenvalue weighted by Crippen LogP contribution is 2.22. The Bertz CT molecular complexity index is 510. The number of aryl methyl sites for hydroxylation is 2. The Balaban J connectivity index is 2.25. The summed E-state index contributed by atoms with van der Waals surface area (Å²) in [7, 11) is 1.77. The average Bonchev–Trinajstić information content (AvgIpc) is 2.35. The molecule has 0 radical (unpaired) electrons. The second kappa shape index (κ2) is 4.78. The first-order valence-corrected chi connectivity index (χ1v) is 5.31. The summed E-state index contributed by atoms with van der Waals surface area (Å²) in [4.78, 5) is 12.5. The number of hydrogen-bond acceptors (Lipinski definition) is 5. The van der Waals surface area contributed by atoms with E-state index in [-0.39, 0.29) is 0 Å². The summed E-state index contributed by atoms with van der Waals surface area (Å²) in [5.74, 6) is 1.74. The minimum Gasteiger partial charge on any atom is -0.437 e. The molecule has 5 heteroatoms. The van der Waals surface area contributed by atoms with E-state index in [1.165, 1.54) is 0 Å². The number of aromatic nitrogens is 3. The first-order chi connectivity index (χ1) is 8.19. The lowest BCUT2D eigenvalue weighted by atomic mass is 10.3. The van der Waals surface area contributed by atoms with Gasteiger partial charge in [0.1, 0.15) is 5.75 Å². The van der Waals surface area contributed by atoms with Gasteiger partial charge in [0.05, 0.1) is 6.20 Å². The predicted molar refractivity (Wildman–Crippen MR) is 65.4 cm³/mol. The largest absolute Gasteiger partial charge is 0.437 e. The molecule has 88 valence electrons. The Morgan fingerprint density at radius 3 is 2.59 bits per heavy atom. The zero-order chi connectivity index (χ0) is 12.3. The van der Waals surface area contributed by atoms with Crippen molar-refractivity contribution in [1.29, 1.82) is 0 Å². The highest BCUT2D eigenvalue weighted by molar-refractivity contribution is 5.35. The molecular formula is C12H14N4O. The quantitative estimate of drug-likeness (QED) is 0.876. The van der Waals surface area contributed by atoms with E-state index >= 15 is 0 Å². The molecule has 0 aliphatic carbocycles. The minimum absolute atomic E-state index is 0.533. The van der Waals surface area contributed by atoms with Crippen LogP contribution in [-0.4, -0.2) is 22.0 Å². The topological polar surface area (TPSA) is 59.9 Å². The van der Waals surface area contributed by atoms with Gasteiger partial charge in [-0.15, -0.1) is 0 Å². The highest BCUT2D eigenvalue weighted by Gasteiger charge is 2.05. The maximum absolute atomic E-state index is 5.65. The first kappa shape index (κ1) is 11.3. The maximum atomic E-state index is 5.65. The third-order valence-corrected chi connectivity index (χ3v) is 2.25. The third kappa shape index (κ3) is 2.69. The van der Waals surface area contributed by atoms with Crippen molar-refractivity contribution in [2.45, 2.75) is 13.8 Å². The predicted octanol–water partition coefficient (Wildman–Crippen LogP) is 2.32. The molecule has 0 bridgehead atoms. The standard InChI is InChI=1S/C12H14N4O/c1-8-6-15-12(13-3)16-11(8)17-10-5-4-9(2)14-7-10/h4-7H,1-3H3,(H,13,15,16). The van der Waals surface area contributed by atoms with E-state index in [1.807, 2.05) is 26.0 Å². The third-order valence-electron chi connectivity index (χ3n) is 2.25. The van der Waals surface area contributed by atoms with Gasteiger partial charge < -0.3 is 10.1 Å². The van der Waals surface area contributed by atoms with E-state index < -0.39 is 0 Å². The van der Waals surface area contributed by atoms with Crippen molar-refractivity contribution in [1.82, 2.24) is 15.0 Å². The Labute approximate surface area is 99.9 Å². The number of ether oxygens (including phenoxy) is 1. The number of nitrogens with zero attached hydrogens (tertiary/aromatic N) is 3. The van der Waals surface area contributed by atoms with Gasteiger partial charge in [0.15, 0.2) is 0 Å². The van der Waals surface area contributed by atoms with Gasteiger partial charge in [0, 0.05) is 24.5 Å². The van der Waals surface area contributed by atoms with E-state index in [9.17, 15) is 0 Å². The monoisotopic (exact) mass is 230 g/mol. The molecule has 0 saturated carbocycles. The molecule has 17 heavy (non-hydrogen) atoms. The summed E-state index contributed by atoms with van der Waals surface area (Å²) in [6.45, 7) is 3.83. The zero-order valence-corrected chi connectivity index (χ0v) is 10.1. The van der Waals surface area contributed by atoms with Gasteiger partial charge in [-0.05, 0) is 26.0 Å². The van der Waals surface area contributed by atoms with E-state index in [4.69, 9.17) is 4.74 Å². The number of hydrogen-bond donors (Lipinski definition) is 1. The van der Waals surface area contributed by atoms with E-state index in [0.717, 1.165) is 11.3 Å². The van der Waals surface area contributed by atoms with Crippen LogP contribution < -0.4 is 10.1 Å². The van der Waals surface area contributed by atoms with Crippen LogP contribution in [0.5, 0.6) is 11.6 Å². The van der Waals surface area contributed by atoms with Crippen molar-refractivity contribution in [2.75, 3.05) is 12.4 Å². The van der Waals surface area contributed by atoms with Crippen LogP contribution in [0.2, 0.25) is 0 Å². The molecule has 0 amide bonds. The van der Waals surface area contributed by atoms with Crippen LogP contribution in [0.3, 0.4) is 0 Å². The molecule has 0 aliphatic rings. The number of pyridine rings is 1. The maximum Gasteiger partial charge on any atom is 0.227 e. The summed E-state index contributed by atoms with van der Waals surface area (Å²) >= 11 is 0. The van der Waals surface area contributed by atoms with Crippen molar-refractivity contribution >= 4 is 5.95 Å². The summed E-state index contributed by atoms with van der Waals surface area (Å²) in [6.07, 6.45) is 3.39. The van der Waals surface area contributed by atoms with Gasteiger partial charge in [-0.1, -0.05) is 0 Å². The highest BCUT2D eigenvalue weighted by atomic mass is 16.5. The SMILES string of the molecule is CNc1ncc(C)c(Oc2ccc(C)nc2)n1. The summed E-state index contributed by atoms with van der Waals surface area (Å²) in [5.41, 5.74) is 1.83. The molecule has 2 rings (SSSR count). The molecule has 0 aliphatic heterocycles. The molecule has 0 saturated heterocycles. The van der Waals surface area contributed by atoms with E-state index in [1.54, 1.807) is 19.4 Å². The van der Waals surface area contributed by atoms with Gasteiger partial charge in [-0.25, -0.2) is 4.98 Å². The Morgan fingerprint density at radius 2 is 1.94 bits per heavy atom. The van der Waals surface area contributed by atoms with Crippen LogP contribution in [0.4, 0.5) is 5.95 Å². The van der Waals surface area contributed by atoms with Crippen molar-refractivity contribution < 1.29 is 4.74 Å². The normalized spacial score (nSPS) is 10.1. The van der Waals surface area contributed by atoms with Crippen LogP contribution in [0, 0.1) is 13.8 Å². The fourth-order valence-corrected chi connectivity index (χ4v) is 1.28. The van der Waals surface area contributed by atoms with Gasteiger partial charge in [-0.3, -0.25) is 4.98 Å². The van der Waals surface area contributed by atoms with Crippen LogP contribution in [0.1, 0.15) is 11.3 Å². The van der Waals surface area contributed by atoms with Gasteiger partial charge in [0.2, 0.25) is 11.8 Å².